The molecule has 4 heterocycles. The molecule has 4 aliphatic heterocycles. The third-order valence-corrected chi connectivity index (χ3v) is 34.2. The Morgan fingerprint density at radius 2 is 0.652 bits per heavy atom. The fraction of sp³-hybridized carbons (Fsp3) is 0.115. The molecule has 0 aliphatic carbocycles. The number of aryl methyl sites for hydroxylation is 2. The number of para-hydroxylation sites is 2. The Kier molecular flexibility index (Phi) is 16.2. The van der Waals surface area contributed by atoms with Crippen LogP contribution in [-0.2, 0) is 10.8 Å². The van der Waals surface area contributed by atoms with Crippen LogP contribution in [0.4, 0.5) is 68.2 Å². The Hall–Kier alpha value is -12.2. The molecule has 0 saturated heterocycles. The van der Waals surface area contributed by atoms with Crippen molar-refractivity contribution in [2.45, 2.75) is 79.3 Å². The van der Waals surface area contributed by atoms with Crippen molar-refractivity contribution in [1.29, 1.82) is 0 Å². The molecule has 0 radical (unpaired) electrons. The van der Waals surface area contributed by atoms with Crippen LogP contribution in [0.25, 0.3) is 32.7 Å². The van der Waals surface area contributed by atoms with Gasteiger partial charge in [-0.2, -0.15) is 0 Å². The first-order chi connectivity index (χ1) is 54.4. The van der Waals surface area contributed by atoms with Gasteiger partial charge in [-0.15, -0.1) is 0 Å². The predicted molar refractivity (Wildman–Crippen MR) is 489 cm³/mol. The summed E-state index contributed by atoms with van der Waals surface area (Å²) in [5.41, 5.74) is 29.6. The van der Waals surface area contributed by atoms with E-state index in [9.17, 15) is 0 Å². The molecule has 1 unspecified atom stereocenters. The van der Waals surface area contributed by atoms with Crippen LogP contribution in [-0.4, -0.2) is 29.6 Å². The lowest BCUT2D eigenvalue weighted by Gasteiger charge is -2.46. The van der Waals surface area contributed by atoms with Crippen molar-refractivity contribution in [3.05, 3.63) is 374 Å². The summed E-state index contributed by atoms with van der Waals surface area (Å²) < 4.78 is 0. The lowest BCUT2D eigenvalue weighted by atomic mass is 9.32. The second-order valence-electron chi connectivity index (χ2n) is 34.0. The Morgan fingerprint density at radius 1 is 0.259 bits per heavy atom. The largest absolute Gasteiger partial charge is 0.311 e. The van der Waals surface area contributed by atoms with Gasteiger partial charge in [0.05, 0.1) is 0 Å². The van der Waals surface area contributed by atoms with Crippen molar-refractivity contribution in [1.82, 2.24) is 0 Å². The monoisotopic (exact) mass is 1470 g/mol. The van der Waals surface area contributed by atoms with Gasteiger partial charge in [-0.25, -0.2) is 0 Å². The van der Waals surface area contributed by atoms with E-state index in [1.165, 1.54) is 164 Å². The maximum atomic E-state index is 2.67. The summed E-state index contributed by atoms with van der Waals surface area (Å²) in [6.45, 7) is 23.5. The van der Waals surface area contributed by atoms with Gasteiger partial charge in [-0.1, -0.05) is 327 Å². The Labute approximate surface area is 662 Å². The first kappa shape index (κ1) is 69.0. The summed E-state index contributed by atoms with van der Waals surface area (Å²) >= 11 is 0. The van der Waals surface area contributed by atoms with Crippen molar-refractivity contribution < 1.29 is 0 Å². The van der Waals surface area contributed by atoms with Gasteiger partial charge in [-0.3, -0.25) is 0 Å². The summed E-state index contributed by atoms with van der Waals surface area (Å²) in [6, 6.07) is 136. The van der Waals surface area contributed by atoms with E-state index in [4.69, 9.17) is 0 Å². The number of hydrogen-bond acceptors (Lipinski definition) is 4. The first-order valence-electron chi connectivity index (χ1n) is 39.9. The summed E-state index contributed by atoms with van der Waals surface area (Å²) in [7, 11) is -5.90. The third kappa shape index (κ3) is 10.8. The molecule has 16 aromatic carbocycles. The SMILES string of the molecule is Cc1ccc(N2c3ccc(C)cc3B3c4cc(C(C)(C)C)ccc4N(c4ccc(C(C)(C)C)cc4)c4cc([Si](C)(c5ccccc5)c5ccc(-c6cc7ccccc7c7c6B6c8ccc9ccccc9c8N(c8ccccc8)c8cc([Si](C)(c9ccccc9)c9ccccc9)cc(c86)N7c6ccccc6)cc5)cc2c43)cc1. The van der Waals surface area contributed by atoms with Crippen LogP contribution < -0.4 is 83.5 Å². The Balaban J connectivity index is 0.851. The lowest BCUT2D eigenvalue weighted by molar-refractivity contribution is 0.590. The van der Waals surface area contributed by atoms with Crippen molar-refractivity contribution in [2.75, 3.05) is 19.6 Å². The Morgan fingerprint density at radius 3 is 1.17 bits per heavy atom. The highest BCUT2D eigenvalue weighted by Crippen LogP contribution is 2.50. The molecular formula is C104H88B2N4Si2. The van der Waals surface area contributed by atoms with Gasteiger partial charge in [0.1, 0.15) is 16.1 Å². The van der Waals surface area contributed by atoms with Crippen LogP contribution in [0.3, 0.4) is 0 Å². The fourth-order valence-corrected chi connectivity index (χ4v) is 26.5. The molecule has 1 atom stereocenters. The molecule has 0 fully saturated rings. The zero-order valence-electron chi connectivity index (χ0n) is 65.4. The van der Waals surface area contributed by atoms with Gasteiger partial charge in [-0.05, 0) is 213 Å². The molecule has 538 valence electrons. The molecular weight excluding hydrogens is 1380 g/mol. The van der Waals surface area contributed by atoms with Crippen LogP contribution in [0.5, 0.6) is 0 Å². The fourth-order valence-electron chi connectivity index (χ4n) is 19.4. The number of benzene rings is 16. The molecule has 16 aromatic rings. The minimum atomic E-state index is -3.08. The highest BCUT2D eigenvalue weighted by molar-refractivity contribution is 7.12. The van der Waals surface area contributed by atoms with E-state index < -0.39 is 16.1 Å². The normalized spacial score (nSPS) is 13.9. The third-order valence-electron chi connectivity index (χ3n) is 25.3. The van der Waals surface area contributed by atoms with Gasteiger partial charge in [0.25, 0.3) is 13.4 Å². The van der Waals surface area contributed by atoms with Gasteiger partial charge >= 0.3 is 0 Å². The minimum Gasteiger partial charge on any atom is -0.311 e. The molecule has 0 amide bonds. The molecule has 4 nitrogen and oxygen atoms in total. The number of anilines is 12. The lowest BCUT2D eigenvalue weighted by Crippen LogP contribution is -2.67. The maximum Gasteiger partial charge on any atom is 0.253 e. The van der Waals surface area contributed by atoms with Crippen LogP contribution in [0.1, 0.15) is 63.8 Å². The highest BCUT2D eigenvalue weighted by Gasteiger charge is 2.50. The van der Waals surface area contributed by atoms with Gasteiger partial charge in [0, 0.05) is 79.0 Å². The topological polar surface area (TPSA) is 13.0 Å². The van der Waals surface area contributed by atoms with E-state index >= 15 is 0 Å². The zero-order valence-corrected chi connectivity index (χ0v) is 67.4. The second-order valence-corrected chi connectivity index (χ2v) is 42.0. The smallest absolute Gasteiger partial charge is 0.253 e. The molecule has 0 aromatic heterocycles. The van der Waals surface area contributed by atoms with E-state index in [-0.39, 0.29) is 24.3 Å². The van der Waals surface area contributed by atoms with E-state index in [1.54, 1.807) is 0 Å². The zero-order chi connectivity index (χ0) is 76.1. The van der Waals surface area contributed by atoms with Crippen LogP contribution in [0, 0.1) is 13.8 Å². The van der Waals surface area contributed by atoms with E-state index in [2.05, 4.69) is 440 Å². The second kappa shape index (κ2) is 26.2. The minimum absolute atomic E-state index is 0.0221. The van der Waals surface area contributed by atoms with E-state index in [1.807, 2.05) is 0 Å². The van der Waals surface area contributed by atoms with Crippen LogP contribution in [0.2, 0.25) is 13.1 Å². The number of fused-ring (bicyclic) bond motifs is 12. The van der Waals surface area contributed by atoms with E-state index in [0.29, 0.717) is 0 Å². The molecule has 0 spiro atoms. The highest BCUT2D eigenvalue weighted by atomic mass is 28.3. The van der Waals surface area contributed by atoms with Crippen LogP contribution >= 0.6 is 0 Å². The average molecular weight is 1470 g/mol. The number of nitrogens with zero attached hydrogens (tertiary/aromatic N) is 4. The summed E-state index contributed by atoms with van der Waals surface area (Å²) in [6.07, 6.45) is 0. The van der Waals surface area contributed by atoms with Gasteiger partial charge in [0.15, 0.2) is 0 Å². The molecule has 0 bridgehead atoms. The molecule has 0 N–H and O–H groups in total. The van der Waals surface area contributed by atoms with Crippen molar-refractivity contribution in [3.63, 3.8) is 0 Å². The van der Waals surface area contributed by atoms with Gasteiger partial charge < -0.3 is 19.6 Å². The summed E-state index contributed by atoms with van der Waals surface area (Å²) in [5.74, 6) is 0. The van der Waals surface area contributed by atoms with Crippen molar-refractivity contribution >= 4 is 183 Å². The van der Waals surface area contributed by atoms with Crippen LogP contribution in [0.15, 0.2) is 352 Å². The van der Waals surface area contributed by atoms with Crippen molar-refractivity contribution in [2.24, 2.45) is 0 Å². The average Bonchev–Trinajstić information content (AvgIpc) is 0.687. The molecule has 8 heteroatoms. The van der Waals surface area contributed by atoms with E-state index in [0.717, 1.165) is 22.7 Å². The Bertz CT molecular complexity index is 6350. The number of hydrogen-bond donors (Lipinski definition) is 0. The molecule has 112 heavy (non-hydrogen) atoms. The number of rotatable bonds is 11. The standard InChI is InChI=1S/C104H88B2N4Si2/c1-69-44-53-78(54-45-69)107-92-60-46-70(2)62-90(92)105-91-64-75(104(6,7)8)52-61-93(91)108(79-55-50-74(51-56-79)103(3,4)5)95-66-84(65-94(107)99(95)105)112(10,82-40-24-15-25-41-82)83-57-47-72(48-58-83)88-63-73-31-27-29-43-87(73)102-98(88)106-89-59-49-71-30-26-28-42-86(71)101(89)109(76-32-16-11-17-33-76)96-67-85(68-97(100(96)106)110(102)77-34-18-12-19-35-77)111(9,80-36-20-13-21-37-80)81-38-22-14-23-39-81/h11-68H,1-10H3. The molecule has 0 saturated carbocycles. The summed E-state index contributed by atoms with van der Waals surface area (Å²) in [5, 5.41) is 13.0. The van der Waals surface area contributed by atoms with Gasteiger partial charge in [0.2, 0.25) is 0 Å². The predicted octanol–water partition coefficient (Wildman–Crippen LogP) is 19.2. The first-order valence-corrected chi connectivity index (χ1v) is 44.9. The molecule has 4 aliphatic rings. The summed E-state index contributed by atoms with van der Waals surface area (Å²) in [4.78, 5) is 10.6. The maximum absolute atomic E-state index is 3.08. The quantitative estimate of drug-likeness (QED) is 0.0945. The molecule has 20 rings (SSSR count). The van der Waals surface area contributed by atoms with Crippen molar-refractivity contribution in [3.8, 4) is 11.1 Å².